The summed E-state index contributed by atoms with van der Waals surface area (Å²) in [7, 11) is 0. The molecule has 0 saturated heterocycles. The molecule has 0 rings (SSSR count). The lowest BCUT2D eigenvalue weighted by atomic mass is 9.96. The molecule has 0 aliphatic rings. The monoisotopic (exact) mass is 544 g/mol. The van der Waals surface area contributed by atoms with Gasteiger partial charge in [-0.1, -0.05) is 20.3 Å². The van der Waals surface area contributed by atoms with Crippen molar-refractivity contribution in [2.24, 2.45) is 44.6 Å². The van der Waals surface area contributed by atoms with Gasteiger partial charge < -0.3 is 54.8 Å². The third-order valence-corrected chi connectivity index (χ3v) is 5.72. The lowest BCUT2D eigenvalue weighted by molar-refractivity contribution is -0.145. The summed E-state index contributed by atoms with van der Waals surface area (Å²) in [4.78, 5) is 57.9. The van der Waals surface area contributed by atoms with Crippen molar-refractivity contribution in [3.63, 3.8) is 0 Å². The molecule has 3 amide bonds. The molecule has 0 bridgehead atoms. The van der Waals surface area contributed by atoms with Crippen LogP contribution in [0.15, 0.2) is 9.98 Å². The second-order valence-corrected chi connectivity index (χ2v) is 9.00. The maximum Gasteiger partial charge on any atom is 0.328 e. The van der Waals surface area contributed by atoms with Gasteiger partial charge in [-0.25, -0.2) is 4.79 Å². The van der Waals surface area contributed by atoms with E-state index in [2.05, 4.69) is 25.9 Å². The predicted molar refractivity (Wildman–Crippen MR) is 142 cm³/mol. The number of carboxylic acids is 1. The summed E-state index contributed by atoms with van der Waals surface area (Å²) in [5.74, 6) is -4.06. The molecule has 15 N–H and O–H groups in total. The molecular formula is C22H44N10O6. The van der Waals surface area contributed by atoms with Gasteiger partial charge in [0, 0.05) is 13.1 Å². The first-order chi connectivity index (χ1) is 17.7. The van der Waals surface area contributed by atoms with E-state index in [1.54, 1.807) is 6.92 Å². The minimum Gasteiger partial charge on any atom is -0.480 e. The van der Waals surface area contributed by atoms with Crippen LogP contribution in [0.25, 0.3) is 0 Å². The number of aliphatic hydroxyl groups excluding tert-OH is 1. The molecule has 16 nitrogen and oxygen atoms in total. The number of rotatable bonds is 18. The zero-order valence-corrected chi connectivity index (χ0v) is 22.2. The molecule has 0 fully saturated rings. The van der Waals surface area contributed by atoms with E-state index in [0.717, 1.165) is 0 Å². The number of nitrogens with two attached hydrogens (primary N) is 5. The molecule has 6 atom stereocenters. The number of carbonyl (C=O) groups excluding carboxylic acids is 3. The standard InChI is InChI=1S/C22H44N10O6/c1-4-11(2)15(31-17(34)13(23)7-5-9-28-21(24)25)19(36)30-14(8-6-10-29-22(26)27)18(35)32-16(12(3)33)20(37)38/h11-16,33H,4-10,23H2,1-3H3,(H,30,36)(H,31,34)(H,32,35)(H,37,38)(H4,24,25,28)(H4,26,27,29). The number of aliphatic hydroxyl groups is 1. The Labute approximate surface area is 222 Å². The number of carboxylic acid groups (broad SMARTS) is 1. The lowest BCUT2D eigenvalue weighted by Crippen LogP contribution is -2.59. The maximum absolute atomic E-state index is 13.2. The van der Waals surface area contributed by atoms with Crippen molar-refractivity contribution in [1.82, 2.24) is 16.0 Å². The first-order valence-corrected chi connectivity index (χ1v) is 12.4. The minimum atomic E-state index is -1.60. The van der Waals surface area contributed by atoms with Crippen LogP contribution in [0.3, 0.4) is 0 Å². The Hall–Kier alpha value is -3.66. The second-order valence-electron chi connectivity index (χ2n) is 9.00. The van der Waals surface area contributed by atoms with Crippen LogP contribution in [0, 0.1) is 5.92 Å². The molecule has 0 aliphatic carbocycles. The van der Waals surface area contributed by atoms with Crippen molar-refractivity contribution in [2.75, 3.05) is 13.1 Å². The molecule has 0 saturated carbocycles. The van der Waals surface area contributed by atoms with Crippen LogP contribution in [0.4, 0.5) is 0 Å². The van der Waals surface area contributed by atoms with E-state index >= 15 is 0 Å². The smallest absolute Gasteiger partial charge is 0.328 e. The molecule has 6 unspecified atom stereocenters. The van der Waals surface area contributed by atoms with E-state index in [-0.39, 0.29) is 43.6 Å². The highest BCUT2D eigenvalue weighted by Crippen LogP contribution is 2.11. The molecular weight excluding hydrogens is 500 g/mol. The summed E-state index contributed by atoms with van der Waals surface area (Å²) in [5, 5.41) is 26.4. The molecule has 0 aliphatic heterocycles. The van der Waals surface area contributed by atoms with Gasteiger partial charge >= 0.3 is 5.97 Å². The number of hydrogen-bond acceptors (Lipinski definition) is 8. The van der Waals surface area contributed by atoms with E-state index in [9.17, 15) is 29.4 Å². The Morgan fingerprint density at radius 3 is 1.74 bits per heavy atom. The van der Waals surface area contributed by atoms with Crippen molar-refractivity contribution >= 4 is 35.6 Å². The van der Waals surface area contributed by atoms with Gasteiger partial charge in [-0.15, -0.1) is 0 Å². The fourth-order valence-corrected chi connectivity index (χ4v) is 3.29. The first-order valence-electron chi connectivity index (χ1n) is 12.4. The van der Waals surface area contributed by atoms with Gasteiger partial charge in [0.15, 0.2) is 18.0 Å². The quantitative estimate of drug-likeness (QED) is 0.0456. The molecule has 218 valence electrons. The number of guanidine groups is 2. The van der Waals surface area contributed by atoms with Crippen LogP contribution >= 0.6 is 0 Å². The van der Waals surface area contributed by atoms with E-state index in [0.29, 0.717) is 19.4 Å². The van der Waals surface area contributed by atoms with Gasteiger partial charge in [0.25, 0.3) is 0 Å². The molecule has 0 heterocycles. The molecule has 38 heavy (non-hydrogen) atoms. The van der Waals surface area contributed by atoms with E-state index in [4.69, 9.17) is 28.7 Å². The maximum atomic E-state index is 13.2. The fraction of sp³-hybridized carbons (Fsp3) is 0.727. The molecule has 0 radical (unpaired) electrons. The summed E-state index contributed by atoms with van der Waals surface area (Å²) in [6.07, 6.45) is 0.148. The van der Waals surface area contributed by atoms with Crippen LogP contribution in [0.5, 0.6) is 0 Å². The van der Waals surface area contributed by atoms with Crippen molar-refractivity contribution in [3.8, 4) is 0 Å². The highest BCUT2D eigenvalue weighted by Gasteiger charge is 2.33. The van der Waals surface area contributed by atoms with Crippen molar-refractivity contribution in [3.05, 3.63) is 0 Å². The molecule has 0 aromatic rings. The Balaban J connectivity index is 5.58. The van der Waals surface area contributed by atoms with Gasteiger partial charge in [-0.3, -0.25) is 24.4 Å². The van der Waals surface area contributed by atoms with Crippen LogP contribution in [-0.2, 0) is 19.2 Å². The highest BCUT2D eigenvalue weighted by molar-refractivity contribution is 5.94. The van der Waals surface area contributed by atoms with Gasteiger partial charge in [0.1, 0.15) is 12.1 Å². The molecule has 0 aromatic carbocycles. The van der Waals surface area contributed by atoms with Crippen LogP contribution < -0.4 is 44.6 Å². The Kier molecular flexibility index (Phi) is 16.0. The summed E-state index contributed by atoms with van der Waals surface area (Å²) < 4.78 is 0. The Morgan fingerprint density at radius 1 is 0.789 bits per heavy atom. The summed E-state index contributed by atoms with van der Waals surface area (Å²) >= 11 is 0. The minimum absolute atomic E-state index is 0.0476. The number of aliphatic carboxylic acids is 1. The van der Waals surface area contributed by atoms with Crippen molar-refractivity contribution in [2.45, 2.75) is 83.1 Å². The van der Waals surface area contributed by atoms with E-state index in [1.807, 2.05) is 6.92 Å². The number of nitrogens with one attached hydrogen (secondary N) is 3. The second kappa shape index (κ2) is 17.7. The number of amides is 3. The average molecular weight is 545 g/mol. The van der Waals surface area contributed by atoms with Crippen LogP contribution in [-0.4, -0.2) is 89.2 Å². The molecule has 16 heteroatoms. The Bertz CT molecular complexity index is 842. The van der Waals surface area contributed by atoms with Crippen molar-refractivity contribution in [1.29, 1.82) is 0 Å². The van der Waals surface area contributed by atoms with Crippen LogP contribution in [0.1, 0.15) is 52.9 Å². The average Bonchev–Trinajstić information content (AvgIpc) is 2.83. The highest BCUT2D eigenvalue weighted by atomic mass is 16.4. The predicted octanol–water partition coefficient (Wildman–Crippen LogP) is -3.61. The topological polar surface area (TPSA) is 300 Å². The number of hydrogen-bond donors (Lipinski definition) is 10. The molecule has 0 aromatic heterocycles. The fourth-order valence-electron chi connectivity index (χ4n) is 3.29. The number of nitrogens with zero attached hydrogens (tertiary/aromatic N) is 2. The normalized spacial score (nSPS) is 15.5. The van der Waals surface area contributed by atoms with E-state index in [1.165, 1.54) is 6.92 Å². The van der Waals surface area contributed by atoms with Crippen molar-refractivity contribution < 1.29 is 29.4 Å². The first kappa shape index (κ1) is 34.3. The van der Waals surface area contributed by atoms with Gasteiger partial charge in [0.05, 0.1) is 12.1 Å². The van der Waals surface area contributed by atoms with Gasteiger partial charge in [0.2, 0.25) is 17.7 Å². The molecule has 0 spiro atoms. The number of aliphatic imine (C=N–C) groups is 2. The van der Waals surface area contributed by atoms with Crippen LogP contribution in [0.2, 0.25) is 0 Å². The zero-order valence-electron chi connectivity index (χ0n) is 22.2. The summed E-state index contributed by atoms with van der Waals surface area (Å²) in [6.45, 7) is 5.22. The lowest BCUT2D eigenvalue weighted by Gasteiger charge is -2.28. The third-order valence-electron chi connectivity index (χ3n) is 5.72. The Morgan fingerprint density at radius 2 is 1.29 bits per heavy atom. The SMILES string of the molecule is CCC(C)C(NC(=O)C(N)CCCN=C(N)N)C(=O)NC(CCCN=C(N)N)C(=O)NC(C(=O)O)C(C)O. The number of carbonyl (C=O) groups is 4. The van der Waals surface area contributed by atoms with Gasteiger partial charge in [-0.05, 0) is 38.5 Å². The van der Waals surface area contributed by atoms with E-state index < -0.39 is 54.0 Å². The summed E-state index contributed by atoms with van der Waals surface area (Å²) in [5.41, 5.74) is 27.1. The third kappa shape index (κ3) is 13.6. The zero-order chi connectivity index (χ0) is 29.4. The summed E-state index contributed by atoms with van der Waals surface area (Å²) in [6, 6.07) is -4.75. The largest absolute Gasteiger partial charge is 0.480 e. The van der Waals surface area contributed by atoms with Gasteiger partial charge in [-0.2, -0.15) is 0 Å².